The van der Waals surface area contributed by atoms with E-state index < -0.39 is 0 Å². The van der Waals surface area contributed by atoms with Crippen molar-refractivity contribution in [2.45, 2.75) is 38.5 Å². The molecule has 0 amide bonds. The molecule has 2 rings (SSSR count). The molecule has 0 bridgehead atoms. The minimum Gasteiger partial charge on any atom is -0.399 e. The van der Waals surface area contributed by atoms with E-state index in [0.29, 0.717) is 0 Å². The summed E-state index contributed by atoms with van der Waals surface area (Å²) >= 11 is 0. The van der Waals surface area contributed by atoms with Gasteiger partial charge < -0.3 is 5.73 Å². The van der Waals surface area contributed by atoms with Gasteiger partial charge in [-0.1, -0.05) is 50.0 Å². The highest BCUT2D eigenvalue weighted by atomic mass is 14.5. The van der Waals surface area contributed by atoms with Crippen LogP contribution < -0.4 is 5.73 Å². The number of allylic oxidation sites excluding steroid dienone is 7. The van der Waals surface area contributed by atoms with E-state index in [1.165, 1.54) is 44.1 Å². The van der Waals surface area contributed by atoms with Crippen LogP contribution in [0.3, 0.4) is 0 Å². The van der Waals surface area contributed by atoms with Gasteiger partial charge in [-0.25, -0.2) is 0 Å². The summed E-state index contributed by atoms with van der Waals surface area (Å²) in [5.74, 6) is 0.760. The molecule has 0 heterocycles. The molecular weight excluding hydrogens is 194 g/mol. The normalized spacial score (nSPS) is 33.5. The first kappa shape index (κ1) is 11.3. The Morgan fingerprint density at radius 2 is 1.56 bits per heavy atom. The molecule has 1 fully saturated rings. The summed E-state index contributed by atoms with van der Waals surface area (Å²) in [6.07, 6.45) is 20.9. The second-order valence-corrected chi connectivity index (χ2v) is 4.74. The van der Waals surface area contributed by atoms with Gasteiger partial charge in [0, 0.05) is 5.70 Å². The lowest BCUT2D eigenvalue weighted by Crippen LogP contribution is -2.02. The van der Waals surface area contributed by atoms with Crippen LogP contribution in [0.15, 0.2) is 47.7 Å². The van der Waals surface area contributed by atoms with Crippen LogP contribution in [0.5, 0.6) is 0 Å². The summed E-state index contributed by atoms with van der Waals surface area (Å²) in [5.41, 5.74) is 8.05. The molecule has 1 nitrogen and oxygen atoms in total. The molecule has 0 saturated heterocycles. The minimum atomic E-state index is 0.760. The fourth-order valence-corrected chi connectivity index (χ4v) is 2.54. The molecule has 0 atom stereocenters. The Bertz CT molecular complexity index is 336. The Labute approximate surface area is 98.4 Å². The van der Waals surface area contributed by atoms with Crippen LogP contribution in [0.1, 0.15) is 38.5 Å². The van der Waals surface area contributed by atoms with Crippen LogP contribution in [0.25, 0.3) is 0 Å². The molecule has 2 aliphatic carbocycles. The fourth-order valence-electron chi connectivity index (χ4n) is 2.54. The number of hydrogen-bond donors (Lipinski definition) is 1. The van der Waals surface area contributed by atoms with Crippen molar-refractivity contribution in [2.75, 3.05) is 0 Å². The topological polar surface area (TPSA) is 26.0 Å². The molecule has 2 aliphatic rings. The van der Waals surface area contributed by atoms with Crippen molar-refractivity contribution in [3.8, 4) is 0 Å². The van der Waals surface area contributed by atoms with Gasteiger partial charge in [0.05, 0.1) is 0 Å². The van der Waals surface area contributed by atoms with Crippen molar-refractivity contribution < 1.29 is 0 Å². The van der Waals surface area contributed by atoms with Gasteiger partial charge in [0.15, 0.2) is 0 Å². The van der Waals surface area contributed by atoms with Crippen molar-refractivity contribution in [1.29, 1.82) is 0 Å². The maximum absolute atomic E-state index is 5.75. The molecule has 0 unspecified atom stereocenters. The molecule has 2 N–H and O–H groups in total. The quantitative estimate of drug-likeness (QED) is 0.660. The van der Waals surface area contributed by atoms with E-state index >= 15 is 0 Å². The van der Waals surface area contributed by atoms with Crippen LogP contribution in [0.2, 0.25) is 0 Å². The molecule has 16 heavy (non-hydrogen) atoms. The third kappa shape index (κ3) is 3.13. The van der Waals surface area contributed by atoms with Gasteiger partial charge in [-0.2, -0.15) is 0 Å². The molecule has 0 radical (unpaired) electrons. The first-order valence-electron chi connectivity index (χ1n) is 6.38. The predicted molar refractivity (Wildman–Crippen MR) is 69.8 cm³/mol. The van der Waals surface area contributed by atoms with E-state index in [9.17, 15) is 0 Å². The second kappa shape index (κ2) is 5.74. The van der Waals surface area contributed by atoms with Crippen LogP contribution in [0.4, 0.5) is 0 Å². The maximum atomic E-state index is 5.75. The smallest absolute Gasteiger partial charge is 0.0313 e. The first-order valence-corrected chi connectivity index (χ1v) is 6.38. The summed E-state index contributed by atoms with van der Waals surface area (Å²) in [4.78, 5) is 0. The number of nitrogens with two attached hydrogens (primary N) is 1. The van der Waals surface area contributed by atoms with Crippen molar-refractivity contribution >= 4 is 0 Å². The number of hydrogen-bond acceptors (Lipinski definition) is 1. The highest BCUT2D eigenvalue weighted by Crippen LogP contribution is 2.29. The summed E-state index contributed by atoms with van der Waals surface area (Å²) in [6, 6.07) is 0. The lowest BCUT2D eigenvalue weighted by atomic mass is 9.90. The lowest BCUT2D eigenvalue weighted by Gasteiger charge is -2.15. The first-order chi connectivity index (χ1) is 7.86. The molecule has 1 heteroatoms. The zero-order valence-electron chi connectivity index (χ0n) is 9.86. The van der Waals surface area contributed by atoms with E-state index in [1.54, 1.807) is 0 Å². The van der Waals surface area contributed by atoms with Crippen molar-refractivity contribution in [3.05, 3.63) is 47.7 Å². The third-order valence-electron chi connectivity index (χ3n) is 3.48. The highest BCUT2D eigenvalue weighted by Gasteiger charge is 2.14. The Morgan fingerprint density at radius 1 is 0.875 bits per heavy atom. The Kier molecular flexibility index (Phi) is 4.03. The summed E-state index contributed by atoms with van der Waals surface area (Å²) in [6.45, 7) is 0. The van der Waals surface area contributed by atoms with Gasteiger partial charge in [0.2, 0.25) is 0 Å². The van der Waals surface area contributed by atoms with Crippen LogP contribution in [0, 0.1) is 5.92 Å². The highest BCUT2D eigenvalue weighted by molar-refractivity contribution is 5.35. The van der Waals surface area contributed by atoms with E-state index in [0.717, 1.165) is 11.6 Å². The molecule has 86 valence electrons. The van der Waals surface area contributed by atoms with E-state index in [-0.39, 0.29) is 0 Å². The molecule has 0 aromatic heterocycles. The van der Waals surface area contributed by atoms with Crippen molar-refractivity contribution in [1.82, 2.24) is 0 Å². The van der Waals surface area contributed by atoms with E-state index in [1.807, 2.05) is 12.2 Å². The average Bonchev–Trinajstić information content (AvgIpc) is 2.51. The minimum absolute atomic E-state index is 0.760. The van der Waals surface area contributed by atoms with E-state index in [4.69, 9.17) is 5.73 Å². The molecular formula is C15H21N. The van der Waals surface area contributed by atoms with Crippen molar-refractivity contribution in [2.24, 2.45) is 11.7 Å². The Balaban J connectivity index is 2.08. The van der Waals surface area contributed by atoms with Crippen molar-refractivity contribution in [3.63, 3.8) is 0 Å². The summed E-state index contributed by atoms with van der Waals surface area (Å²) in [5, 5.41) is 0. The molecule has 0 aromatic carbocycles. The van der Waals surface area contributed by atoms with Gasteiger partial charge >= 0.3 is 0 Å². The summed E-state index contributed by atoms with van der Waals surface area (Å²) < 4.78 is 0. The van der Waals surface area contributed by atoms with Gasteiger partial charge in [-0.15, -0.1) is 0 Å². The predicted octanol–water partition coefficient (Wildman–Crippen LogP) is 3.85. The largest absolute Gasteiger partial charge is 0.399 e. The maximum Gasteiger partial charge on any atom is 0.0313 e. The van der Waals surface area contributed by atoms with Gasteiger partial charge in [-0.3, -0.25) is 0 Å². The molecule has 0 aromatic rings. The standard InChI is InChI=1S/C15H21N/c16-15-11-5-9-14(10-6-12-15)13-7-3-1-2-4-8-13/h5-6,9-13H,1-4,7-8,16H2/b9-5-,10-6?,11-5?,12-6-,14-9?,14-10+,15-11+,15-12?. The fraction of sp³-hybridized carbons (Fsp3) is 0.467. The SMILES string of the molecule is NC1=C/C=C\C(C2CCCCCC2)=C/C=C\1. The molecule has 0 spiro atoms. The Hall–Kier alpha value is -1.24. The zero-order valence-corrected chi connectivity index (χ0v) is 9.86. The average molecular weight is 215 g/mol. The lowest BCUT2D eigenvalue weighted by molar-refractivity contribution is 0.540. The third-order valence-corrected chi connectivity index (χ3v) is 3.48. The van der Waals surface area contributed by atoms with Gasteiger partial charge in [-0.05, 0) is 36.5 Å². The summed E-state index contributed by atoms with van der Waals surface area (Å²) in [7, 11) is 0. The van der Waals surface area contributed by atoms with Crippen LogP contribution >= 0.6 is 0 Å². The molecule has 1 saturated carbocycles. The molecule has 0 aliphatic heterocycles. The van der Waals surface area contributed by atoms with E-state index in [2.05, 4.69) is 24.3 Å². The second-order valence-electron chi connectivity index (χ2n) is 4.74. The van der Waals surface area contributed by atoms with Gasteiger partial charge in [0.25, 0.3) is 0 Å². The monoisotopic (exact) mass is 215 g/mol. The van der Waals surface area contributed by atoms with Crippen LogP contribution in [-0.4, -0.2) is 0 Å². The number of rotatable bonds is 1. The van der Waals surface area contributed by atoms with Gasteiger partial charge in [0.1, 0.15) is 0 Å². The zero-order chi connectivity index (χ0) is 11.2. The van der Waals surface area contributed by atoms with Crippen LogP contribution in [-0.2, 0) is 0 Å². The Morgan fingerprint density at radius 3 is 2.31 bits per heavy atom.